The van der Waals surface area contributed by atoms with Gasteiger partial charge in [0.05, 0.1) is 11.3 Å². The van der Waals surface area contributed by atoms with E-state index in [9.17, 15) is 4.79 Å². The second-order valence-electron chi connectivity index (χ2n) is 3.72. The summed E-state index contributed by atoms with van der Waals surface area (Å²) in [5.74, 6) is -0.497. The lowest BCUT2D eigenvalue weighted by atomic mass is 10.1. The van der Waals surface area contributed by atoms with E-state index < -0.39 is 5.97 Å². The molecule has 0 saturated carbocycles. The van der Waals surface area contributed by atoms with Gasteiger partial charge in [0.15, 0.2) is 5.82 Å². The molecule has 0 unspecified atom stereocenters. The van der Waals surface area contributed by atoms with E-state index >= 15 is 0 Å². The Bertz CT molecular complexity index is 582. The minimum absolute atomic E-state index is 0.148. The number of aromatic carboxylic acids is 1. The van der Waals surface area contributed by atoms with E-state index in [4.69, 9.17) is 16.7 Å². The number of aryl methyl sites for hydroxylation is 1. The van der Waals surface area contributed by atoms with Crippen LogP contribution in [0.15, 0.2) is 30.5 Å². The molecular weight excluding hydrogens is 252 g/mol. The van der Waals surface area contributed by atoms with Gasteiger partial charge < -0.3 is 5.11 Å². The van der Waals surface area contributed by atoms with Crippen LogP contribution in [0, 0.1) is 0 Å². The van der Waals surface area contributed by atoms with Crippen molar-refractivity contribution < 1.29 is 9.90 Å². The monoisotopic (exact) mass is 262 g/mol. The topological polar surface area (TPSA) is 63.1 Å². The zero-order valence-electron chi connectivity index (χ0n) is 9.72. The summed E-state index contributed by atoms with van der Waals surface area (Å²) in [5.41, 5.74) is 1.49. The predicted octanol–water partition coefficient (Wildman–Crippen LogP) is 3.06. The fourth-order valence-electron chi connectivity index (χ4n) is 1.60. The molecule has 0 aliphatic heterocycles. The van der Waals surface area contributed by atoms with E-state index in [0.717, 1.165) is 5.56 Å². The molecule has 18 heavy (non-hydrogen) atoms. The first kappa shape index (κ1) is 12.5. The van der Waals surface area contributed by atoms with E-state index in [1.54, 1.807) is 24.3 Å². The van der Waals surface area contributed by atoms with Crippen LogP contribution in [0.4, 0.5) is 0 Å². The molecule has 1 aromatic heterocycles. The average Bonchev–Trinajstić information content (AvgIpc) is 2.38. The van der Waals surface area contributed by atoms with Crippen molar-refractivity contribution in [1.29, 1.82) is 0 Å². The summed E-state index contributed by atoms with van der Waals surface area (Å²) in [6.07, 6.45) is 1.89. The Labute approximate surface area is 109 Å². The number of carboxylic acid groups (broad SMARTS) is 1. The molecule has 1 heterocycles. The summed E-state index contributed by atoms with van der Waals surface area (Å²) >= 11 is 5.81. The van der Waals surface area contributed by atoms with Crippen molar-refractivity contribution in [2.75, 3.05) is 0 Å². The van der Waals surface area contributed by atoms with Gasteiger partial charge >= 0.3 is 5.97 Å². The second-order valence-corrected chi connectivity index (χ2v) is 4.16. The lowest BCUT2D eigenvalue weighted by Crippen LogP contribution is -2.06. The standard InChI is InChI=1S/C13H11ClN2O2/c1-2-11-10(13(17)18)7-15-12(16-11)8-3-5-9(14)6-4-8/h3-7H,2H2,1H3,(H,17,18). The third-order valence-corrected chi connectivity index (χ3v) is 2.79. The molecule has 1 N–H and O–H groups in total. The van der Waals surface area contributed by atoms with Crippen LogP contribution in [0.3, 0.4) is 0 Å². The number of hydrogen-bond acceptors (Lipinski definition) is 3. The molecule has 0 spiro atoms. The number of hydrogen-bond donors (Lipinski definition) is 1. The van der Waals surface area contributed by atoms with E-state index in [0.29, 0.717) is 23.0 Å². The lowest BCUT2D eigenvalue weighted by molar-refractivity contribution is 0.0694. The van der Waals surface area contributed by atoms with Crippen molar-refractivity contribution in [2.45, 2.75) is 13.3 Å². The molecule has 0 aliphatic rings. The maximum Gasteiger partial charge on any atom is 0.339 e. The quantitative estimate of drug-likeness (QED) is 0.923. The van der Waals surface area contributed by atoms with Gasteiger partial charge in [-0.15, -0.1) is 0 Å². The molecule has 92 valence electrons. The molecule has 0 fully saturated rings. The first-order chi connectivity index (χ1) is 8.61. The Morgan fingerprint density at radius 1 is 1.33 bits per heavy atom. The summed E-state index contributed by atoms with van der Waals surface area (Å²) in [4.78, 5) is 19.3. The lowest BCUT2D eigenvalue weighted by Gasteiger charge is -2.05. The Hall–Kier alpha value is -1.94. The third-order valence-electron chi connectivity index (χ3n) is 2.54. The molecule has 0 saturated heterocycles. The summed E-state index contributed by atoms with van der Waals surface area (Å²) in [5, 5.41) is 9.63. The van der Waals surface area contributed by atoms with Crippen LogP contribution in [0.5, 0.6) is 0 Å². The number of carbonyl (C=O) groups is 1. The van der Waals surface area contributed by atoms with E-state index in [-0.39, 0.29) is 5.56 Å². The Morgan fingerprint density at radius 2 is 2.00 bits per heavy atom. The normalized spacial score (nSPS) is 10.3. The van der Waals surface area contributed by atoms with E-state index in [2.05, 4.69) is 9.97 Å². The molecule has 0 radical (unpaired) electrons. The van der Waals surface area contributed by atoms with Gasteiger partial charge in [0.2, 0.25) is 0 Å². The third kappa shape index (κ3) is 2.49. The summed E-state index contributed by atoms with van der Waals surface area (Å²) in [6, 6.07) is 7.10. The SMILES string of the molecule is CCc1nc(-c2ccc(Cl)cc2)ncc1C(=O)O. The number of benzene rings is 1. The first-order valence-electron chi connectivity index (χ1n) is 5.47. The van der Waals surface area contributed by atoms with Gasteiger partial charge in [-0.25, -0.2) is 14.8 Å². The van der Waals surface area contributed by atoms with Gasteiger partial charge in [-0.1, -0.05) is 18.5 Å². The van der Waals surface area contributed by atoms with E-state index in [1.165, 1.54) is 6.20 Å². The summed E-state index contributed by atoms with van der Waals surface area (Å²) in [6.45, 7) is 1.86. The highest BCUT2D eigenvalue weighted by Crippen LogP contribution is 2.19. The van der Waals surface area contributed by atoms with Crippen molar-refractivity contribution in [3.8, 4) is 11.4 Å². The summed E-state index contributed by atoms with van der Waals surface area (Å²) < 4.78 is 0. The molecule has 0 atom stereocenters. The van der Waals surface area contributed by atoms with Gasteiger partial charge in [-0.2, -0.15) is 0 Å². The maximum absolute atomic E-state index is 11.0. The smallest absolute Gasteiger partial charge is 0.339 e. The van der Waals surface area contributed by atoms with Gasteiger partial charge in [0.25, 0.3) is 0 Å². The Morgan fingerprint density at radius 3 is 2.56 bits per heavy atom. The van der Waals surface area contributed by atoms with Crippen LogP contribution in [-0.2, 0) is 6.42 Å². The van der Waals surface area contributed by atoms with Crippen LogP contribution in [0.25, 0.3) is 11.4 Å². The number of carboxylic acids is 1. The molecule has 4 nitrogen and oxygen atoms in total. The van der Waals surface area contributed by atoms with Crippen LogP contribution in [0.2, 0.25) is 5.02 Å². The number of nitrogens with zero attached hydrogens (tertiary/aromatic N) is 2. The fourth-order valence-corrected chi connectivity index (χ4v) is 1.73. The molecule has 0 amide bonds. The largest absolute Gasteiger partial charge is 0.478 e. The predicted molar refractivity (Wildman–Crippen MR) is 68.8 cm³/mol. The van der Waals surface area contributed by atoms with Crippen molar-refractivity contribution in [2.24, 2.45) is 0 Å². The van der Waals surface area contributed by atoms with Crippen molar-refractivity contribution in [3.05, 3.63) is 46.7 Å². The highest BCUT2D eigenvalue weighted by Gasteiger charge is 2.12. The average molecular weight is 263 g/mol. The number of rotatable bonds is 3. The zero-order valence-corrected chi connectivity index (χ0v) is 10.5. The van der Waals surface area contributed by atoms with Crippen LogP contribution in [-0.4, -0.2) is 21.0 Å². The van der Waals surface area contributed by atoms with Crippen molar-refractivity contribution >= 4 is 17.6 Å². The molecule has 2 rings (SSSR count). The Balaban J connectivity index is 2.47. The van der Waals surface area contributed by atoms with Gasteiger partial charge in [0.1, 0.15) is 0 Å². The minimum Gasteiger partial charge on any atom is -0.478 e. The molecule has 0 aliphatic carbocycles. The molecule has 1 aromatic carbocycles. The van der Waals surface area contributed by atoms with Gasteiger partial charge in [0, 0.05) is 16.8 Å². The van der Waals surface area contributed by atoms with Crippen LogP contribution < -0.4 is 0 Å². The molecule has 0 bridgehead atoms. The van der Waals surface area contributed by atoms with Crippen molar-refractivity contribution in [3.63, 3.8) is 0 Å². The molecule has 5 heteroatoms. The summed E-state index contributed by atoms with van der Waals surface area (Å²) in [7, 11) is 0. The van der Waals surface area contributed by atoms with E-state index in [1.807, 2.05) is 6.92 Å². The minimum atomic E-state index is -1.01. The number of halogens is 1. The van der Waals surface area contributed by atoms with Crippen molar-refractivity contribution in [1.82, 2.24) is 9.97 Å². The highest BCUT2D eigenvalue weighted by molar-refractivity contribution is 6.30. The van der Waals surface area contributed by atoms with Gasteiger partial charge in [-0.3, -0.25) is 0 Å². The highest BCUT2D eigenvalue weighted by atomic mass is 35.5. The molecule has 2 aromatic rings. The fraction of sp³-hybridized carbons (Fsp3) is 0.154. The second kappa shape index (κ2) is 5.14. The Kier molecular flexibility index (Phi) is 3.58. The number of aromatic nitrogens is 2. The first-order valence-corrected chi connectivity index (χ1v) is 5.84. The van der Waals surface area contributed by atoms with Crippen LogP contribution >= 0.6 is 11.6 Å². The van der Waals surface area contributed by atoms with Crippen LogP contribution in [0.1, 0.15) is 23.0 Å². The maximum atomic E-state index is 11.0. The molecular formula is C13H11ClN2O2. The zero-order chi connectivity index (χ0) is 13.1. The van der Waals surface area contributed by atoms with Gasteiger partial charge in [-0.05, 0) is 30.7 Å².